The summed E-state index contributed by atoms with van der Waals surface area (Å²) in [6.45, 7) is 3.01. The fraction of sp³-hybridized carbons (Fsp3) is 0.259. The fourth-order valence-corrected chi connectivity index (χ4v) is 4.44. The van der Waals surface area contributed by atoms with Crippen LogP contribution in [0.25, 0.3) is 0 Å². The lowest BCUT2D eigenvalue weighted by Crippen LogP contribution is -2.39. The van der Waals surface area contributed by atoms with Gasteiger partial charge in [-0.25, -0.2) is 14.4 Å². The minimum atomic E-state index is -0.464. The molecular weight excluding hydrogens is 445 g/mol. The summed E-state index contributed by atoms with van der Waals surface area (Å²) in [4.78, 5) is 29.0. The predicted octanol–water partition coefficient (Wildman–Crippen LogP) is 5.33. The van der Waals surface area contributed by atoms with Crippen LogP contribution in [-0.2, 0) is 6.54 Å². The van der Waals surface area contributed by atoms with Crippen molar-refractivity contribution in [1.82, 2.24) is 24.4 Å². The molecule has 4 aromatic rings. The molecule has 1 aliphatic heterocycles. The van der Waals surface area contributed by atoms with E-state index in [1.807, 2.05) is 46.9 Å². The summed E-state index contributed by atoms with van der Waals surface area (Å²) in [6, 6.07) is 15.2. The summed E-state index contributed by atoms with van der Waals surface area (Å²) in [5, 5.41) is 0. The van der Waals surface area contributed by atoms with Crippen molar-refractivity contribution in [3.05, 3.63) is 102 Å². The smallest absolute Gasteiger partial charge is 0.254 e. The fourth-order valence-electron chi connectivity index (χ4n) is 4.44. The number of benzene rings is 2. The first-order valence-corrected chi connectivity index (χ1v) is 11.7. The summed E-state index contributed by atoms with van der Waals surface area (Å²) in [6.07, 6.45) is 7.96. The molecule has 0 saturated carbocycles. The molecule has 7 nitrogen and oxygen atoms in total. The molecule has 1 atom stereocenters. The minimum absolute atomic E-state index is 0.0490. The van der Waals surface area contributed by atoms with E-state index in [1.54, 1.807) is 36.8 Å². The molecule has 3 heterocycles. The van der Waals surface area contributed by atoms with Crippen LogP contribution in [-0.4, -0.2) is 36.9 Å². The number of carbonyl (C=O) groups is 1. The molecule has 0 unspecified atom stereocenters. The molecule has 0 spiro atoms. The zero-order valence-corrected chi connectivity index (χ0v) is 19.5. The molecule has 1 saturated heterocycles. The number of hydrogen-bond acceptors (Lipinski definition) is 5. The second kappa shape index (κ2) is 10.0. The quantitative estimate of drug-likeness (QED) is 0.380. The number of imidazole rings is 1. The van der Waals surface area contributed by atoms with Gasteiger partial charge in [-0.3, -0.25) is 4.79 Å². The van der Waals surface area contributed by atoms with E-state index in [-0.39, 0.29) is 23.6 Å². The highest BCUT2D eigenvalue weighted by Crippen LogP contribution is 2.33. The average Bonchev–Trinajstić information content (AvgIpc) is 3.38. The van der Waals surface area contributed by atoms with Crippen LogP contribution < -0.4 is 4.74 Å². The Balaban J connectivity index is 1.44. The lowest BCUT2D eigenvalue weighted by atomic mass is 9.98. The summed E-state index contributed by atoms with van der Waals surface area (Å²) < 4.78 is 21.8. The monoisotopic (exact) mass is 471 g/mol. The zero-order valence-electron chi connectivity index (χ0n) is 19.5. The first-order chi connectivity index (χ1) is 17.1. The van der Waals surface area contributed by atoms with Gasteiger partial charge in [-0.2, -0.15) is 4.98 Å². The van der Waals surface area contributed by atoms with Gasteiger partial charge in [-0.05, 0) is 49.9 Å². The third-order valence-electron chi connectivity index (χ3n) is 6.12. The normalized spacial score (nSPS) is 15.7. The second-order valence-corrected chi connectivity index (χ2v) is 8.64. The van der Waals surface area contributed by atoms with Gasteiger partial charge in [0, 0.05) is 42.8 Å². The lowest BCUT2D eigenvalue weighted by molar-refractivity contribution is 0.0597. The molecule has 1 aliphatic rings. The molecule has 0 bridgehead atoms. The van der Waals surface area contributed by atoms with E-state index in [9.17, 15) is 9.18 Å². The summed E-state index contributed by atoms with van der Waals surface area (Å²) in [5.41, 5.74) is 2.27. The van der Waals surface area contributed by atoms with Crippen LogP contribution in [0, 0.1) is 12.7 Å². The minimum Gasteiger partial charge on any atom is -0.436 e. The van der Waals surface area contributed by atoms with Gasteiger partial charge in [0.05, 0.1) is 12.4 Å². The van der Waals surface area contributed by atoms with Gasteiger partial charge in [-0.15, -0.1) is 0 Å². The Kier molecular flexibility index (Phi) is 6.52. The van der Waals surface area contributed by atoms with Crippen molar-refractivity contribution in [2.45, 2.75) is 38.8 Å². The van der Waals surface area contributed by atoms with Crippen molar-refractivity contribution in [2.24, 2.45) is 0 Å². The van der Waals surface area contributed by atoms with Crippen LogP contribution in [0.3, 0.4) is 0 Å². The summed E-state index contributed by atoms with van der Waals surface area (Å²) in [5.74, 6) is 0.357. The second-order valence-electron chi connectivity index (χ2n) is 8.64. The number of aromatic nitrogens is 4. The topological polar surface area (TPSA) is 73.1 Å². The first kappa shape index (κ1) is 22.7. The third kappa shape index (κ3) is 5.06. The van der Waals surface area contributed by atoms with E-state index in [0.29, 0.717) is 30.2 Å². The largest absolute Gasteiger partial charge is 0.436 e. The number of amides is 1. The summed E-state index contributed by atoms with van der Waals surface area (Å²) >= 11 is 0. The van der Waals surface area contributed by atoms with Gasteiger partial charge in [0.1, 0.15) is 0 Å². The number of piperidine rings is 1. The Bertz CT molecular complexity index is 1320. The van der Waals surface area contributed by atoms with Gasteiger partial charge in [-0.1, -0.05) is 30.3 Å². The molecule has 0 aliphatic carbocycles. The molecule has 8 heteroatoms. The Morgan fingerprint density at radius 1 is 1.11 bits per heavy atom. The average molecular weight is 472 g/mol. The Morgan fingerprint density at radius 2 is 1.94 bits per heavy atom. The number of likely N-dealkylation sites (tertiary alicyclic amines) is 1. The molecule has 1 amide bonds. The first-order valence-electron chi connectivity index (χ1n) is 11.7. The van der Waals surface area contributed by atoms with Crippen LogP contribution in [0.15, 0.2) is 73.3 Å². The number of nitrogens with zero attached hydrogens (tertiary/aromatic N) is 5. The molecule has 0 N–H and O–H groups in total. The lowest BCUT2D eigenvalue weighted by Gasteiger charge is -2.35. The maximum absolute atomic E-state index is 14.1. The van der Waals surface area contributed by atoms with Gasteiger partial charge < -0.3 is 14.2 Å². The SMILES string of the molecule is Cc1cc(Oc2ccccc2F)nc([C@@H]2CCCCN2C(=O)c2ccccc2Cn2ccnc2)n1. The Hall–Kier alpha value is -4.07. The Morgan fingerprint density at radius 3 is 2.77 bits per heavy atom. The maximum Gasteiger partial charge on any atom is 0.254 e. The number of rotatable bonds is 6. The number of halogens is 1. The number of aryl methyl sites for hydroxylation is 1. The highest BCUT2D eigenvalue weighted by molar-refractivity contribution is 5.96. The molecule has 35 heavy (non-hydrogen) atoms. The molecule has 2 aromatic heterocycles. The Labute approximate surface area is 203 Å². The molecule has 2 aromatic carbocycles. The van der Waals surface area contributed by atoms with Crippen LogP contribution in [0.2, 0.25) is 0 Å². The molecule has 178 valence electrons. The van der Waals surface area contributed by atoms with E-state index in [0.717, 1.165) is 24.8 Å². The highest BCUT2D eigenvalue weighted by Gasteiger charge is 2.32. The van der Waals surface area contributed by atoms with Crippen molar-refractivity contribution >= 4 is 5.91 Å². The highest BCUT2D eigenvalue weighted by atomic mass is 19.1. The van der Waals surface area contributed by atoms with Gasteiger partial charge in [0.15, 0.2) is 17.4 Å². The van der Waals surface area contributed by atoms with Crippen molar-refractivity contribution in [3.8, 4) is 11.6 Å². The van der Waals surface area contributed by atoms with Gasteiger partial charge >= 0.3 is 0 Å². The van der Waals surface area contributed by atoms with Crippen LogP contribution in [0.1, 0.15) is 52.7 Å². The van der Waals surface area contributed by atoms with E-state index >= 15 is 0 Å². The number of hydrogen-bond donors (Lipinski definition) is 0. The standard InChI is InChI=1S/C27H26FN5O2/c1-19-16-25(35-24-12-5-4-10-22(24)28)31-26(30-19)23-11-6-7-14-33(23)27(34)21-9-3-2-8-20(21)17-32-15-13-29-18-32/h2-5,8-10,12-13,15-16,18,23H,6-7,11,14,17H2,1H3/t23-/m0/s1. The van der Waals surface area contributed by atoms with Crippen molar-refractivity contribution in [3.63, 3.8) is 0 Å². The van der Waals surface area contributed by atoms with Gasteiger partial charge in [0.25, 0.3) is 5.91 Å². The molecule has 1 fully saturated rings. The number of ether oxygens (including phenoxy) is 1. The van der Waals surface area contributed by atoms with E-state index in [2.05, 4.69) is 15.0 Å². The predicted molar refractivity (Wildman–Crippen MR) is 129 cm³/mol. The summed E-state index contributed by atoms with van der Waals surface area (Å²) in [7, 11) is 0. The molecule has 5 rings (SSSR count). The number of carbonyl (C=O) groups excluding carboxylic acids is 1. The van der Waals surface area contributed by atoms with Gasteiger partial charge in [0.2, 0.25) is 5.88 Å². The zero-order chi connectivity index (χ0) is 24.2. The van der Waals surface area contributed by atoms with E-state index in [1.165, 1.54) is 6.07 Å². The van der Waals surface area contributed by atoms with Crippen LogP contribution in [0.5, 0.6) is 11.6 Å². The van der Waals surface area contributed by atoms with Crippen LogP contribution >= 0.6 is 0 Å². The van der Waals surface area contributed by atoms with Crippen molar-refractivity contribution in [2.75, 3.05) is 6.54 Å². The van der Waals surface area contributed by atoms with Crippen molar-refractivity contribution in [1.29, 1.82) is 0 Å². The van der Waals surface area contributed by atoms with E-state index < -0.39 is 5.82 Å². The van der Waals surface area contributed by atoms with Crippen molar-refractivity contribution < 1.29 is 13.9 Å². The molecular formula is C27H26FN5O2. The maximum atomic E-state index is 14.1. The van der Waals surface area contributed by atoms with E-state index in [4.69, 9.17) is 4.74 Å². The van der Waals surface area contributed by atoms with Crippen LogP contribution in [0.4, 0.5) is 4.39 Å². The third-order valence-corrected chi connectivity index (χ3v) is 6.12. The molecule has 0 radical (unpaired) electrons. The number of para-hydroxylation sites is 1.